The quantitative estimate of drug-likeness (QED) is 0.458. The van der Waals surface area contributed by atoms with Crippen LogP contribution >= 0.6 is 0 Å². The van der Waals surface area contributed by atoms with Gasteiger partial charge in [0.15, 0.2) is 5.71 Å². The molecule has 6 heteroatoms. The Bertz CT molecular complexity index is 813. The Hall–Kier alpha value is -1.24. The standard InChI is InChI=1S/C19H27NO4S/c1-14-19(2,11-5-3-4-6-13-21)17-16(25(22,23)24)10-9-15-8-7-12-20(14)18(15)17/h9-10,21H,3-8,11-13H2,1-2H3. The maximum atomic E-state index is 11.9. The van der Waals surface area contributed by atoms with E-state index in [-0.39, 0.29) is 11.5 Å². The largest absolute Gasteiger partial charge is 0.744 e. The van der Waals surface area contributed by atoms with E-state index in [1.807, 2.05) is 6.07 Å². The highest BCUT2D eigenvalue weighted by atomic mass is 32.2. The minimum atomic E-state index is -4.51. The summed E-state index contributed by atoms with van der Waals surface area (Å²) >= 11 is 0. The first-order valence-corrected chi connectivity index (χ1v) is 10.6. The van der Waals surface area contributed by atoms with Crippen LogP contribution in [0.15, 0.2) is 17.0 Å². The monoisotopic (exact) mass is 365 g/mol. The highest BCUT2D eigenvalue weighted by Gasteiger charge is 2.50. The lowest BCUT2D eigenvalue weighted by molar-refractivity contribution is -0.444. The minimum Gasteiger partial charge on any atom is -0.744 e. The van der Waals surface area contributed by atoms with Crippen LogP contribution in [0.1, 0.15) is 63.5 Å². The van der Waals surface area contributed by atoms with E-state index in [1.165, 1.54) is 6.07 Å². The van der Waals surface area contributed by atoms with E-state index in [9.17, 15) is 13.0 Å². The molecular formula is C19H27NO4S. The molecule has 0 fully saturated rings. The van der Waals surface area contributed by atoms with Crippen molar-refractivity contribution < 1.29 is 22.7 Å². The highest BCUT2D eigenvalue weighted by molar-refractivity contribution is 7.85. The highest BCUT2D eigenvalue weighted by Crippen LogP contribution is 2.49. The molecule has 0 spiro atoms. The van der Waals surface area contributed by atoms with Gasteiger partial charge in [-0.2, -0.15) is 4.58 Å². The molecule has 0 radical (unpaired) electrons. The van der Waals surface area contributed by atoms with E-state index < -0.39 is 15.5 Å². The summed E-state index contributed by atoms with van der Waals surface area (Å²) in [7, 11) is -4.51. The lowest BCUT2D eigenvalue weighted by Crippen LogP contribution is -2.31. The van der Waals surface area contributed by atoms with Gasteiger partial charge < -0.3 is 9.66 Å². The van der Waals surface area contributed by atoms with Crippen molar-refractivity contribution in [3.63, 3.8) is 0 Å². The SMILES string of the molecule is CC1=[N+]2CCCc3ccc(S(=O)(=O)[O-])c(c32)C1(C)CCCCCCO. The lowest BCUT2D eigenvalue weighted by atomic mass is 9.75. The van der Waals surface area contributed by atoms with Crippen molar-refractivity contribution in [2.75, 3.05) is 13.2 Å². The Morgan fingerprint density at radius 2 is 1.96 bits per heavy atom. The maximum Gasteiger partial charge on any atom is 0.213 e. The van der Waals surface area contributed by atoms with Gasteiger partial charge in [-0.3, -0.25) is 0 Å². The molecule has 1 unspecified atom stereocenters. The molecule has 5 nitrogen and oxygen atoms in total. The zero-order valence-corrected chi connectivity index (χ0v) is 15.9. The van der Waals surface area contributed by atoms with Gasteiger partial charge in [0.05, 0.1) is 15.9 Å². The summed E-state index contributed by atoms with van der Waals surface area (Å²) in [5.74, 6) is 0. The summed E-state index contributed by atoms with van der Waals surface area (Å²) in [6.07, 6.45) is 6.50. The van der Waals surface area contributed by atoms with Crippen molar-refractivity contribution in [1.82, 2.24) is 0 Å². The van der Waals surface area contributed by atoms with E-state index in [4.69, 9.17) is 5.11 Å². The first kappa shape index (κ1) is 18.5. The number of nitrogens with zero attached hydrogens (tertiary/aromatic N) is 1. The van der Waals surface area contributed by atoms with Gasteiger partial charge in [0.2, 0.25) is 5.69 Å². The molecule has 1 atom stereocenters. The number of unbranched alkanes of at least 4 members (excludes halogenated alkanes) is 3. The van der Waals surface area contributed by atoms with Crippen LogP contribution in [0.25, 0.3) is 0 Å². The topological polar surface area (TPSA) is 80.4 Å². The third-order valence-electron chi connectivity index (χ3n) is 5.93. The van der Waals surface area contributed by atoms with Crippen LogP contribution < -0.4 is 0 Å². The summed E-state index contributed by atoms with van der Waals surface area (Å²) in [5, 5.41) is 8.92. The fraction of sp³-hybridized carbons (Fsp3) is 0.632. The van der Waals surface area contributed by atoms with E-state index in [0.717, 1.165) is 74.0 Å². The number of aryl methyl sites for hydroxylation is 1. The lowest BCUT2D eigenvalue weighted by Gasteiger charge is -2.25. The molecule has 25 heavy (non-hydrogen) atoms. The molecule has 1 N–H and O–H groups in total. The van der Waals surface area contributed by atoms with Gasteiger partial charge >= 0.3 is 0 Å². The Morgan fingerprint density at radius 1 is 1.24 bits per heavy atom. The summed E-state index contributed by atoms with van der Waals surface area (Å²) in [4.78, 5) is -0.0483. The van der Waals surface area contributed by atoms with Gasteiger partial charge in [-0.15, -0.1) is 0 Å². The fourth-order valence-corrected chi connectivity index (χ4v) is 5.28. The first-order chi connectivity index (χ1) is 11.8. The summed E-state index contributed by atoms with van der Waals surface area (Å²) in [6.45, 7) is 5.25. The van der Waals surface area contributed by atoms with E-state index >= 15 is 0 Å². The Balaban J connectivity index is 2.05. The molecule has 3 rings (SSSR count). The summed E-state index contributed by atoms with van der Waals surface area (Å²) in [5.41, 5.74) is 3.58. The van der Waals surface area contributed by atoms with Crippen molar-refractivity contribution in [1.29, 1.82) is 0 Å². The van der Waals surface area contributed by atoms with Gasteiger partial charge in [-0.05, 0) is 32.3 Å². The molecule has 2 aliphatic rings. The van der Waals surface area contributed by atoms with Crippen LogP contribution in [-0.4, -0.2) is 41.5 Å². The number of rotatable bonds is 7. The molecule has 0 saturated carbocycles. The molecule has 1 aromatic carbocycles. The van der Waals surface area contributed by atoms with Crippen LogP contribution in [0.3, 0.4) is 0 Å². The molecular weight excluding hydrogens is 338 g/mol. The molecule has 0 aliphatic carbocycles. The normalized spacial score (nSPS) is 22.4. The van der Waals surface area contributed by atoms with Gasteiger partial charge in [-0.25, -0.2) is 8.42 Å². The van der Waals surface area contributed by atoms with Crippen LogP contribution in [0.4, 0.5) is 5.69 Å². The Labute approximate surface area is 150 Å². The van der Waals surface area contributed by atoms with E-state index in [0.29, 0.717) is 0 Å². The predicted molar refractivity (Wildman–Crippen MR) is 95.7 cm³/mol. The molecule has 0 bridgehead atoms. The second-order valence-corrected chi connectivity index (χ2v) is 8.81. The third kappa shape index (κ3) is 3.15. The van der Waals surface area contributed by atoms with E-state index in [1.54, 1.807) is 0 Å². The van der Waals surface area contributed by atoms with Crippen LogP contribution in [0.2, 0.25) is 0 Å². The molecule has 1 aromatic rings. The molecule has 0 amide bonds. The van der Waals surface area contributed by atoms with Gasteiger partial charge in [0, 0.05) is 25.5 Å². The average Bonchev–Trinajstić information content (AvgIpc) is 2.79. The smallest absolute Gasteiger partial charge is 0.213 e. The second kappa shape index (κ2) is 6.82. The Kier molecular flexibility index (Phi) is 5.06. The van der Waals surface area contributed by atoms with Gasteiger partial charge in [0.25, 0.3) is 0 Å². The zero-order chi connectivity index (χ0) is 18.2. The van der Waals surface area contributed by atoms with Gasteiger partial charge in [0.1, 0.15) is 16.7 Å². The van der Waals surface area contributed by atoms with Crippen LogP contribution in [0, 0.1) is 0 Å². The fourth-order valence-electron chi connectivity index (χ4n) is 4.47. The van der Waals surface area contributed by atoms with Crippen LogP contribution in [-0.2, 0) is 22.0 Å². The minimum absolute atomic E-state index is 0.0483. The number of hydrogen-bond donors (Lipinski definition) is 1. The van der Waals surface area contributed by atoms with Crippen LogP contribution in [0.5, 0.6) is 0 Å². The predicted octanol–water partition coefficient (Wildman–Crippen LogP) is 2.86. The summed E-state index contributed by atoms with van der Waals surface area (Å²) < 4.78 is 38.0. The molecule has 138 valence electrons. The molecule has 0 aromatic heterocycles. The molecule has 0 saturated heterocycles. The zero-order valence-electron chi connectivity index (χ0n) is 15.0. The third-order valence-corrected chi connectivity index (χ3v) is 6.81. The van der Waals surface area contributed by atoms with Crippen molar-refractivity contribution in [2.45, 2.75) is 69.1 Å². The second-order valence-electron chi connectivity index (χ2n) is 7.46. The number of aliphatic hydroxyl groups is 1. The maximum absolute atomic E-state index is 11.9. The number of aliphatic hydroxyl groups excluding tert-OH is 1. The average molecular weight is 365 g/mol. The number of hydrogen-bond acceptors (Lipinski definition) is 4. The van der Waals surface area contributed by atoms with Crippen molar-refractivity contribution >= 4 is 21.5 Å². The first-order valence-electron chi connectivity index (χ1n) is 9.15. The Morgan fingerprint density at radius 3 is 2.64 bits per heavy atom. The summed E-state index contributed by atoms with van der Waals surface area (Å²) in [6, 6.07) is 3.33. The molecule has 2 heterocycles. The number of benzene rings is 1. The van der Waals surface area contributed by atoms with Crippen molar-refractivity contribution in [2.24, 2.45) is 0 Å². The van der Waals surface area contributed by atoms with Crippen molar-refractivity contribution in [3.05, 3.63) is 23.3 Å². The van der Waals surface area contributed by atoms with E-state index in [2.05, 4.69) is 18.4 Å². The van der Waals surface area contributed by atoms with Gasteiger partial charge in [-0.1, -0.05) is 25.3 Å². The molecule has 2 aliphatic heterocycles. The van der Waals surface area contributed by atoms with Crippen molar-refractivity contribution in [3.8, 4) is 0 Å².